The summed E-state index contributed by atoms with van der Waals surface area (Å²) in [5.41, 5.74) is 14.2. The van der Waals surface area contributed by atoms with Crippen LogP contribution >= 0.6 is 11.6 Å². The molecule has 1 heterocycles. The number of nitrogens with zero attached hydrogens (tertiary/aromatic N) is 1. The zero-order chi connectivity index (χ0) is 26.2. The first kappa shape index (κ1) is 27.6. The van der Waals surface area contributed by atoms with Gasteiger partial charge in [0.15, 0.2) is 0 Å². The molecule has 1 saturated heterocycles. The van der Waals surface area contributed by atoms with E-state index in [0.717, 1.165) is 25.9 Å². The van der Waals surface area contributed by atoms with Crippen LogP contribution in [-0.4, -0.2) is 50.3 Å². The van der Waals surface area contributed by atoms with Gasteiger partial charge in [-0.15, -0.1) is 0 Å². The number of halogens is 1. The van der Waals surface area contributed by atoms with Gasteiger partial charge in [0.05, 0.1) is 30.0 Å². The monoisotopic (exact) mass is 516 g/mol. The fourth-order valence-electron chi connectivity index (χ4n) is 4.65. The zero-order valence-corrected chi connectivity index (χ0v) is 22.0. The largest absolute Gasteiger partial charge is 0.496 e. The molecule has 0 radical (unpaired) electrons. The summed E-state index contributed by atoms with van der Waals surface area (Å²) in [6.07, 6.45) is 1.80. The third-order valence-corrected chi connectivity index (χ3v) is 7.16. The summed E-state index contributed by atoms with van der Waals surface area (Å²) < 4.78 is 10.3. The number of carbonyl (C=O) groups excluding carboxylic acids is 2. The molecule has 3 rings (SSSR count). The first-order valence-corrected chi connectivity index (χ1v) is 12.7. The summed E-state index contributed by atoms with van der Waals surface area (Å²) in [5, 5.41) is 3.34. The lowest BCUT2D eigenvalue weighted by Crippen LogP contribution is -2.40. The quantitative estimate of drug-likeness (QED) is 0.393. The highest BCUT2D eigenvalue weighted by molar-refractivity contribution is 6.33. The third-order valence-electron chi connectivity index (χ3n) is 6.83. The van der Waals surface area contributed by atoms with Crippen LogP contribution in [0.25, 0.3) is 0 Å². The Hall–Kier alpha value is -2.97. The van der Waals surface area contributed by atoms with Gasteiger partial charge < -0.3 is 26.3 Å². The van der Waals surface area contributed by atoms with Crippen LogP contribution in [0.5, 0.6) is 5.75 Å². The Morgan fingerprint density at radius 2 is 1.78 bits per heavy atom. The number of hydrogen-bond donors (Lipinski definition) is 3. The second-order valence-corrected chi connectivity index (χ2v) is 9.96. The van der Waals surface area contributed by atoms with E-state index in [-0.39, 0.29) is 18.6 Å². The van der Waals surface area contributed by atoms with E-state index >= 15 is 0 Å². The van der Waals surface area contributed by atoms with Crippen molar-refractivity contribution in [2.24, 2.45) is 11.7 Å². The number of anilines is 1. The van der Waals surface area contributed by atoms with E-state index in [1.54, 1.807) is 6.07 Å². The number of ether oxygens (including phenoxy) is 2. The number of hydrogen-bond acceptors (Lipinski definition) is 6. The second kappa shape index (κ2) is 12.8. The van der Waals surface area contributed by atoms with Crippen molar-refractivity contribution in [3.63, 3.8) is 0 Å². The van der Waals surface area contributed by atoms with Gasteiger partial charge in [0.1, 0.15) is 5.75 Å². The van der Waals surface area contributed by atoms with E-state index in [1.807, 2.05) is 0 Å². The molecule has 9 heteroatoms. The van der Waals surface area contributed by atoms with Crippen LogP contribution in [0.4, 0.5) is 10.5 Å². The van der Waals surface area contributed by atoms with Crippen LogP contribution in [0.15, 0.2) is 36.4 Å². The number of carbonyl (C=O) groups is 2. The van der Waals surface area contributed by atoms with Gasteiger partial charge in [0, 0.05) is 25.1 Å². The average molecular weight is 517 g/mol. The molecule has 8 nitrogen and oxygen atoms in total. The number of rotatable bonds is 10. The van der Waals surface area contributed by atoms with Crippen LogP contribution in [0, 0.1) is 5.92 Å². The molecule has 1 aliphatic rings. The number of methoxy groups -OCH3 is 1. The highest BCUT2D eigenvalue weighted by atomic mass is 35.5. The van der Waals surface area contributed by atoms with E-state index in [4.69, 9.17) is 32.5 Å². The number of likely N-dealkylation sites (tertiary alicyclic amines) is 1. The minimum absolute atomic E-state index is 0.127. The predicted octanol–water partition coefficient (Wildman–Crippen LogP) is 4.72. The SMILES string of the molecule is COc1cc(N)c(Cl)cc1C(=O)NCC1CCN(C(CCOC(N)=O)c2ccc(C(C)C)cc2)CC1. The molecule has 0 saturated carbocycles. The van der Waals surface area contributed by atoms with Crippen molar-refractivity contribution >= 4 is 29.3 Å². The van der Waals surface area contributed by atoms with Gasteiger partial charge in [-0.25, -0.2) is 4.79 Å². The van der Waals surface area contributed by atoms with Crippen LogP contribution in [-0.2, 0) is 4.74 Å². The number of nitrogen functional groups attached to an aromatic ring is 1. The minimum atomic E-state index is -0.752. The summed E-state index contributed by atoms with van der Waals surface area (Å²) in [6, 6.07) is 11.9. The van der Waals surface area contributed by atoms with Crippen LogP contribution < -0.4 is 21.5 Å². The van der Waals surface area contributed by atoms with Crippen LogP contribution in [0.3, 0.4) is 0 Å². The molecule has 36 heavy (non-hydrogen) atoms. The number of piperidine rings is 1. The Kier molecular flexibility index (Phi) is 9.84. The van der Waals surface area contributed by atoms with Gasteiger partial charge in [-0.2, -0.15) is 0 Å². The lowest BCUT2D eigenvalue weighted by molar-refractivity contribution is 0.0885. The van der Waals surface area contributed by atoms with Crippen molar-refractivity contribution in [2.45, 2.75) is 45.1 Å². The molecule has 1 unspecified atom stereocenters. The molecule has 2 aromatic carbocycles. The maximum absolute atomic E-state index is 12.8. The molecule has 0 bridgehead atoms. The summed E-state index contributed by atoms with van der Waals surface area (Å²) >= 11 is 6.11. The van der Waals surface area contributed by atoms with Gasteiger partial charge in [-0.05, 0) is 55.0 Å². The van der Waals surface area contributed by atoms with E-state index in [0.29, 0.717) is 46.8 Å². The number of benzene rings is 2. The molecule has 196 valence electrons. The Labute approximate surface area is 218 Å². The summed E-state index contributed by atoms with van der Waals surface area (Å²) in [5.74, 6) is 0.980. The normalized spacial score (nSPS) is 15.5. The van der Waals surface area contributed by atoms with Crippen LogP contribution in [0.2, 0.25) is 5.02 Å². The molecule has 5 N–H and O–H groups in total. The average Bonchev–Trinajstić information content (AvgIpc) is 2.87. The van der Waals surface area contributed by atoms with Gasteiger partial charge in [0.2, 0.25) is 0 Å². The topological polar surface area (TPSA) is 120 Å². The van der Waals surface area contributed by atoms with E-state index in [9.17, 15) is 9.59 Å². The molecular formula is C27H37ClN4O4. The predicted molar refractivity (Wildman–Crippen MR) is 142 cm³/mol. The maximum Gasteiger partial charge on any atom is 0.404 e. The highest BCUT2D eigenvalue weighted by Gasteiger charge is 2.27. The molecule has 0 spiro atoms. The van der Waals surface area contributed by atoms with Crippen molar-refractivity contribution in [2.75, 3.05) is 39.1 Å². The van der Waals surface area contributed by atoms with Crippen molar-refractivity contribution < 1.29 is 19.1 Å². The van der Waals surface area contributed by atoms with Gasteiger partial charge in [-0.3, -0.25) is 9.69 Å². The molecule has 0 aromatic heterocycles. The summed E-state index contributed by atoms with van der Waals surface area (Å²) in [4.78, 5) is 26.3. The smallest absolute Gasteiger partial charge is 0.404 e. The number of nitrogens with one attached hydrogen (secondary N) is 1. The first-order valence-electron chi connectivity index (χ1n) is 12.4. The van der Waals surface area contributed by atoms with Crippen molar-refractivity contribution in [1.82, 2.24) is 10.2 Å². The third kappa shape index (κ3) is 7.27. The zero-order valence-electron chi connectivity index (χ0n) is 21.3. The Balaban J connectivity index is 1.59. The Morgan fingerprint density at radius 3 is 2.36 bits per heavy atom. The molecule has 2 amide bonds. The molecule has 1 atom stereocenters. The van der Waals surface area contributed by atoms with E-state index in [1.165, 1.54) is 24.3 Å². The van der Waals surface area contributed by atoms with Gasteiger partial charge >= 0.3 is 6.09 Å². The number of amides is 2. The first-order chi connectivity index (χ1) is 17.2. The lowest BCUT2D eigenvalue weighted by Gasteiger charge is -2.38. The van der Waals surface area contributed by atoms with E-state index in [2.05, 4.69) is 48.3 Å². The second-order valence-electron chi connectivity index (χ2n) is 9.56. The van der Waals surface area contributed by atoms with Gasteiger partial charge in [0.25, 0.3) is 5.91 Å². The summed E-state index contributed by atoms with van der Waals surface area (Å²) in [6.45, 7) is 6.95. The fourth-order valence-corrected chi connectivity index (χ4v) is 4.81. The molecule has 1 aliphatic heterocycles. The maximum atomic E-state index is 12.8. The van der Waals surface area contributed by atoms with Crippen LogP contribution in [0.1, 0.15) is 66.6 Å². The minimum Gasteiger partial charge on any atom is -0.496 e. The van der Waals surface area contributed by atoms with Crippen molar-refractivity contribution in [3.8, 4) is 5.75 Å². The number of nitrogens with two attached hydrogens (primary N) is 2. The molecular weight excluding hydrogens is 480 g/mol. The fraction of sp³-hybridized carbons (Fsp3) is 0.481. The Morgan fingerprint density at radius 1 is 1.14 bits per heavy atom. The van der Waals surface area contributed by atoms with Gasteiger partial charge in [-0.1, -0.05) is 49.7 Å². The lowest BCUT2D eigenvalue weighted by atomic mass is 9.92. The summed E-state index contributed by atoms with van der Waals surface area (Å²) in [7, 11) is 1.50. The standard InChI is InChI=1S/C27H37ClN4O4/c1-17(2)19-4-6-20(7-5-19)24(10-13-36-27(30)34)32-11-8-18(9-12-32)16-31-26(33)21-14-22(28)23(29)15-25(21)35-3/h4-7,14-15,17-18,24H,8-13,16,29H2,1-3H3,(H2,30,34)(H,31,33). The molecule has 2 aromatic rings. The highest BCUT2D eigenvalue weighted by Crippen LogP contribution is 2.31. The molecule has 0 aliphatic carbocycles. The van der Waals surface area contributed by atoms with E-state index < -0.39 is 6.09 Å². The Bertz CT molecular complexity index is 1040. The van der Waals surface area contributed by atoms with Crippen molar-refractivity contribution in [3.05, 3.63) is 58.1 Å². The van der Waals surface area contributed by atoms with Crippen molar-refractivity contribution in [1.29, 1.82) is 0 Å². The number of primary amides is 1. The molecule has 1 fully saturated rings.